The van der Waals surface area contributed by atoms with E-state index in [1.165, 1.54) is 13.2 Å². The van der Waals surface area contributed by atoms with Crippen LogP contribution in [0.3, 0.4) is 0 Å². The molecule has 35 heavy (non-hydrogen) atoms. The van der Waals surface area contributed by atoms with Crippen LogP contribution in [0.1, 0.15) is 11.1 Å². The van der Waals surface area contributed by atoms with E-state index < -0.39 is 17.8 Å². The first kappa shape index (κ1) is 25.2. The minimum Gasteiger partial charge on any atom is -0.493 e. The van der Waals surface area contributed by atoms with Crippen molar-refractivity contribution in [2.24, 2.45) is 0 Å². The summed E-state index contributed by atoms with van der Waals surface area (Å²) in [6.45, 7) is 0.301. The molecule has 4 rings (SSSR count). The Morgan fingerprint density at radius 1 is 0.886 bits per heavy atom. The molecule has 0 aromatic heterocycles. The number of hydrogen-bond donors (Lipinski definition) is 1. The van der Waals surface area contributed by atoms with Crippen LogP contribution in [0.5, 0.6) is 11.5 Å². The van der Waals surface area contributed by atoms with Gasteiger partial charge in [-0.1, -0.05) is 59.9 Å². The highest BCUT2D eigenvalue weighted by Gasteiger charge is 2.36. The summed E-state index contributed by atoms with van der Waals surface area (Å²) in [6, 6.07) is 16.6. The Morgan fingerprint density at radius 3 is 2.29 bits per heavy atom. The number of carbonyl (C=O) groups excluding carboxylic acids is 3. The summed E-state index contributed by atoms with van der Waals surface area (Å²) >= 11 is 10.3. The van der Waals surface area contributed by atoms with E-state index in [1.807, 2.05) is 18.2 Å². The molecule has 0 bridgehead atoms. The highest BCUT2D eigenvalue weighted by atomic mass is 79.9. The predicted molar refractivity (Wildman–Crippen MR) is 142 cm³/mol. The van der Waals surface area contributed by atoms with Crippen LogP contribution in [0, 0.1) is 0 Å². The SMILES string of the molecule is COc1cc(/C=C2\C(=O)NC(=O)N(c3ccc(Br)cc3)C2=O)ccc1OCc1ccc(Br)cc1Br. The van der Waals surface area contributed by atoms with Crippen LogP contribution < -0.4 is 19.7 Å². The average molecular weight is 665 g/mol. The normalized spacial score (nSPS) is 14.8. The monoisotopic (exact) mass is 662 g/mol. The summed E-state index contributed by atoms with van der Waals surface area (Å²) in [6.07, 6.45) is 1.41. The summed E-state index contributed by atoms with van der Waals surface area (Å²) in [4.78, 5) is 38.8. The van der Waals surface area contributed by atoms with Gasteiger partial charge in [0.15, 0.2) is 11.5 Å². The molecular weight excluding hydrogens is 648 g/mol. The van der Waals surface area contributed by atoms with Crippen molar-refractivity contribution in [2.45, 2.75) is 6.61 Å². The van der Waals surface area contributed by atoms with E-state index in [0.29, 0.717) is 29.4 Å². The average Bonchev–Trinajstić information content (AvgIpc) is 2.82. The number of hydrogen-bond acceptors (Lipinski definition) is 5. The molecular formula is C25H17Br3N2O5. The molecule has 3 aromatic rings. The molecule has 3 aromatic carbocycles. The van der Waals surface area contributed by atoms with Crippen LogP contribution in [0.4, 0.5) is 10.5 Å². The van der Waals surface area contributed by atoms with E-state index in [0.717, 1.165) is 23.9 Å². The summed E-state index contributed by atoms with van der Waals surface area (Å²) in [7, 11) is 1.50. The Hall–Kier alpha value is -2.95. The fourth-order valence-electron chi connectivity index (χ4n) is 3.34. The number of imide groups is 2. The van der Waals surface area contributed by atoms with Gasteiger partial charge in [0, 0.05) is 19.0 Å². The number of urea groups is 1. The van der Waals surface area contributed by atoms with Crippen molar-refractivity contribution in [1.29, 1.82) is 0 Å². The number of nitrogens with one attached hydrogen (secondary N) is 1. The number of amides is 4. The summed E-state index contributed by atoms with van der Waals surface area (Å²) in [5, 5.41) is 2.21. The van der Waals surface area contributed by atoms with E-state index >= 15 is 0 Å². The highest BCUT2D eigenvalue weighted by Crippen LogP contribution is 2.32. The zero-order chi connectivity index (χ0) is 25.1. The lowest BCUT2D eigenvalue weighted by Crippen LogP contribution is -2.54. The van der Waals surface area contributed by atoms with E-state index in [-0.39, 0.29) is 5.57 Å². The van der Waals surface area contributed by atoms with Gasteiger partial charge in [0.25, 0.3) is 11.8 Å². The standard InChI is InChI=1S/C25H17Br3N2O5/c1-34-22-11-14(2-9-21(22)35-13-15-3-4-17(27)12-20(15)28)10-19-23(31)29-25(33)30(24(19)32)18-7-5-16(26)6-8-18/h2-12H,13H2,1H3,(H,29,31,33)/b19-10+. The van der Waals surface area contributed by atoms with Gasteiger partial charge in [-0.3, -0.25) is 14.9 Å². The number of halogens is 3. The predicted octanol–water partition coefficient (Wildman–Crippen LogP) is 6.23. The number of nitrogens with zero attached hydrogens (tertiary/aromatic N) is 1. The molecule has 1 aliphatic rings. The Morgan fingerprint density at radius 2 is 1.60 bits per heavy atom. The van der Waals surface area contributed by atoms with Gasteiger partial charge >= 0.3 is 6.03 Å². The Bertz CT molecular complexity index is 1360. The van der Waals surface area contributed by atoms with E-state index in [1.54, 1.807) is 42.5 Å². The molecule has 0 unspecified atom stereocenters. The molecule has 0 aliphatic carbocycles. The van der Waals surface area contributed by atoms with Crippen molar-refractivity contribution < 1.29 is 23.9 Å². The number of rotatable bonds is 6. The number of barbiturate groups is 1. The molecule has 7 nitrogen and oxygen atoms in total. The maximum Gasteiger partial charge on any atom is 0.335 e. The largest absolute Gasteiger partial charge is 0.493 e. The van der Waals surface area contributed by atoms with Gasteiger partial charge in [-0.15, -0.1) is 0 Å². The molecule has 1 N–H and O–H groups in total. The molecule has 0 atom stereocenters. The molecule has 0 spiro atoms. The van der Waals surface area contributed by atoms with Gasteiger partial charge in [-0.2, -0.15) is 0 Å². The zero-order valence-electron chi connectivity index (χ0n) is 18.2. The molecule has 1 fully saturated rings. The molecule has 1 saturated heterocycles. The van der Waals surface area contributed by atoms with Gasteiger partial charge in [0.05, 0.1) is 12.8 Å². The van der Waals surface area contributed by atoms with E-state index in [2.05, 4.69) is 53.1 Å². The topological polar surface area (TPSA) is 84.9 Å². The lowest BCUT2D eigenvalue weighted by molar-refractivity contribution is -0.122. The molecule has 10 heteroatoms. The third-order valence-electron chi connectivity index (χ3n) is 5.08. The Labute approximate surface area is 226 Å². The van der Waals surface area contributed by atoms with Gasteiger partial charge < -0.3 is 9.47 Å². The second-order valence-electron chi connectivity index (χ2n) is 7.37. The minimum absolute atomic E-state index is 0.179. The van der Waals surface area contributed by atoms with Crippen molar-refractivity contribution in [3.63, 3.8) is 0 Å². The molecule has 0 saturated carbocycles. The van der Waals surface area contributed by atoms with Crippen molar-refractivity contribution >= 4 is 77.4 Å². The third kappa shape index (κ3) is 5.66. The molecule has 4 amide bonds. The van der Waals surface area contributed by atoms with Crippen molar-refractivity contribution in [3.8, 4) is 11.5 Å². The number of benzene rings is 3. The van der Waals surface area contributed by atoms with Gasteiger partial charge in [0.2, 0.25) is 0 Å². The number of carbonyl (C=O) groups is 3. The first-order valence-electron chi connectivity index (χ1n) is 10.2. The lowest BCUT2D eigenvalue weighted by atomic mass is 10.1. The van der Waals surface area contributed by atoms with Crippen LogP contribution in [-0.4, -0.2) is 25.0 Å². The fraction of sp³-hybridized carbons (Fsp3) is 0.0800. The van der Waals surface area contributed by atoms with Gasteiger partial charge in [-0.05, 0) is 60.2 Å². The first-order chi connectivity index (χ1) is 16.8. The fourth-order valence-corrected chi connectivity index (χ4v) is 4.76. The highest BCUT2D eigenvalue weighted by molar-refractivity contribution is 9.11. The summed E-state index contributed by atoms with van der Waals surface area (Å²) < 4.78 is 14.0. The second-order valence-corrected chi connectivity index (χ2v) is 10.1. The number of ether oxygens (including phenoxy) is 2. The maximum atomic E-state index is 13.1. The van der Waals surface area contributed by atoms with Crippen molar-refractivity contribution in [2.75, 3.05) is 12.0 Å². The zero-order valence-corrected chi connectivity index (χ0v) is 22.9. The van der Waals surface area contributed by atoms with Crippen LogP contribution in [-0.2, 0) is 16.2 Å². The first-order valence-corrected chi connectivity index (χ1v) is 12.6. The van der Waals surface area contributed by atoms with Crippen LogP contribution >= 0.6 is 47.8 Å². The maximum absolute atomic E-state index is 13.1. The van der Waals surface area contributed by atoms with Crippen molar-refractivity contribution in [1.82, 2.24) is 5.32 Å². The lowest BCUT2D eigenvalue weighted by Gasteiger charge is -2.26. The van der Waals surface area contributed by atoms with E-state index in [4.69, 9.17) is 9.47 Å². The number of anilines is 1. The second kappa shape index (κ2) is 10.8. The number of methoxy groups -OCH3 is 1. The van der Waals surface area contributed by atoms with Crippen LogP contribution in [0.15, 0.2) is 79.7 Å². The van der Waals surface area contributed by atoms with Crippen LogP contribution in [0.25, 0.3) is 6.08 Å². The van der Waals surface area contributed by atoms with Gasteiger partial charge in [-0.25, -0.2) is 9.69 Å². The van der Waals surface area contributed by atoms with E-state index in [9.17, 15) is 14.4 Å². The summed E-state index contributed by atoms with van der Waals surface area (Å²) in [5.41, 5.74) is 1.64. The Kier molecular flexibility index (Phi) is 7.73. The molecule has 178 valence electrons. The van der Waals surface area contributed by atoms with Gasteiger partial charge in [0.1, 0.15) is 12.2 Å². The Balaban J connectivity index is 1.59. The summed E-state index contributed by atoms with van der Waals surface area (Å²) in [5.74, 6) is -0.569. The minimum atomic E-state index is -0.806. The molecule has 0 radical (unpaired) electrons. The molecule has 1 heterocycles. The third-order valence-corrected chi connectivity index (χ3v) is 6.84. The smallest absolute Gasteiger partial charge is 0.335 e. The van der Waals surface area contributed by atoms with Crippen molar-refractivity contribution in [3.05, 3.63) is 90.8 Å². The quantitative estimate of drug-likeness (QED) is 0.250. The molecule has 1 aliphatic heterocycles. The van der Waals surface area contributed by atoms with Crippen LogP contribution in [0.2, 0.25) is 0 Å².